The van der Waals surface area contributed by atoms with Gasteiger partial charge in [0.05, 0.1) is 12.7 Å². The normalized spacial score (nSPS) is 21.1. The second-order valence-corrected chi connectivity index (χ2v) is 6.65. The van der Waals surface area contributed by atoms with Crippen LogP contribution in [0, 0.1) is 0 Å². The number of aliphatic hydroxyl groups is 2. The highest BCUT2D eigenvalue weighted by molar-refractivity contribution is 7.80. The number of carboxylic acid groups (broad SMARTS) is 1. The number of rotatable bonds is 9. The van der Waals surface area contributed by atoms with Gasteiger partial charge >= 0.3 is 5.97 Å². The average molecular weight is 406 g/mol. The molecule has 0 saturated carbocycles. The molecule has 1 saturated heterocycles. The first kappa shape index (κ1) is 23.1. The summed E-state index contributed by atoms with van der Waals surface area (Å²) in [6.45, 7) is 0.951. The molecule has 0 radical (unpaired) electrons. The van der Waals surface area contributed by atoms with Crippen LogP contribution in [-0.4, -0.2) is 93.1 Å². The smallest absolute Gasteiger partial charge is 0.328 e. The van der Waals surface area contributed by atoms with Gasteiger partial charge in [-0.05, 0) is 19.8 Å². The molecule has 1 aliphatic heterocycles. The Kier molecular flexibility index (Phi) is 8.96. The number of carboxylic acids is 1. The van der Waals surface area contributed by atoms with Gasteiger partial charge in [0.2, 0.25) is 17.7 Å². The lowest BCUT2D eigenvalue weighted by Gasteiger charge is -2.28. The van der Waals surface area contributed by atoms with Crippen molar-refractivity contribution in [1.29, 1.82) is 0 Å². The SMILES string of the molecule is CC(O)C(NC(=O)C(CS)NC(=O)C1CCCN1C(=O)C(N)CO)C(=O)O. The first-order valence-corrected chi connectivity index (χ1v) is 9.06. The summed E-state index contributed by atoms with van der Waals surface area (Å²) in [6, 6.07) is -4.68. The second kappa shape index (κ2) is 10.4. The van der Waals surface area contributed by atoms with Crippen LogP contribution in [0.3, 0.4) is 0 Å². The van der Waals surface area contributed by atoms with Crippen LogP contribution in [0.1, 0.15) is 19.8 Å². The molecular weight excluding hydrogens is 380 g/mol. The summed E-state index contributed by atoms with van der Waals surface area (Å²) in [5, 5.41) is 32.0. The first-order chi connectivity index (χ1) is 12.6. The number of aliphatic hydroxyl groups excluding tert-OH is 2. The molecule has 11 nitrogen and oxygen atoms in total. The highest BCUT2D eigenvalue weighted by Crippen LogP contribution is 2.18. The summed E-state index contributed by atoms with van der Waals surface area (Å²) in [6.07, 6.45) is -0.420. The van der Waals surface area contributed by atoms with E-state index in [1.165, 1.54) is 11.8 Å². The number of aliphatic carboxylic acids is 1. The Morgan fingerprint density at radius 1 is 1.30 bits per heavy atom. The highest BCUT2D eigenvalue weighted by atomic mass is 32.1. The molecule has 0 spiro atoms. The summed E-state index contributed by atoms with van der Waals surface area (Å²) < 4.78 is 0. The maximum Gasteiger partial charge on any atom is 0.328 e. The molecule has 12 heteroatoms. The van der Waals surface area contributed by atoms with E-state index < -0.39 is 60.6 Å². The van der Waals surface area contributed by atoms with E-state index in [9.17, 15) is 24.3 Å². The molecule has 0 aromatic carbocycles. The zero-order valence-electron chi connectivity index (χ0n) is 14.9. The molecule has 3 amide bonds. The highest BCUT2D eigenvalue weighted by Gasteiger charge is 2.37. The molecule has 7 N–H and O–H groups in total. The molecule has 1 aliphatic rings. The number of amides is 3. The molecule has 1 rings (SSSR count). The van der Waals surface area contributed by atoms with Crippen molar-refractivity contribution in [3.63, 3.8) is 0 Å². The van der Waals surface area contributed by atoms with E-state index in [1.54, 1.807) is 0 Å². The van der Waals surface area contributed by atoms with Crippen LogP contribution in [-0.2, 0) is 19.2 Å². The van der Waals surface area contributed by atoms with Crippen LogP contribution in [0.2, 0.25) is 0 Å². The summed E-state index contributed by atoms with van der Waals surface area (Å²) in [5.41, 5.74) is 5.52. The number of nitrogens with zero attached hydrogens (tertiary/aromatic N) is 1. The van der Waals surface area contributed by atoms with Gasteiger partial charge in [0.25, 0.3) is 0 Å². The third kappa shape index (κ3) is 6.06. The van der Waals surface area contributed by atoms with Crippen LogP contribution < -0.4 is 16.4 Å². The molecule has 0 bridgehead atoms. The first-order valence-electron chi connectivity index (χ1n) is 8.43. The van der Waals surface area contributed by atoms with E-state index >= 15 is 0 Å². The predicted octanol–water partition coefficient (Wildman–Crippen LogP) is -3.34. The van der Waals surface area contributed by atoms with E-state index in [1.807, 2.05) is 0 Å². The van der Waals surface area contributed by atoms with Crippen LogP contribution >= 0.6 is 12.6 Å². The Morgan fingerprint density at radius 2 is 1.93 bits per heavy atom. The van der Waals surface area contributed by atoms with Crippen molar-refractivity contribution in [2.75, 3.05) is 18.9 Å². The van der Waals surface area contributed by atoms with E-state index in [-0.39, 0.29) is 5.75 Å². The van der Waals surface area contributed by atoms with Crippen molar-refractivity contribution < 1.29 is 34.5 Å². The molecule has 154 valence electrons. The van der Waals surface area contributed by atoms with Gasteiger partial charge in [-0.15, -0.1) is 0 Å². The number of nitrogens with two attached hydrogens (primary N) is 1. The Bertz CT molecular complexity index is 574. The average Bonchev–Trinajstić information content (AvgIpc) is 3.11. The van der Waals surface area contributed by atoms with Crippen molar-refractivity contribution in [2.45, 2.75) is 50.0 Å². The third-order valence-corrected chi connectivity index (χ3v) is 4.58. The maximum atomic E-state index is 12.5. The predicted molar refractivity (Wildman–Crippen MR) is 96.8 cm³/mol. The van der Waals surface area contributed by atoms with Crippen LogP contribution in [0.4, 0.5) is 0 Å². The molecule has 5 unspecified atom stereocenters. The van der Waals surface area contributed by atoms with E-state index in [2.05, 4.69) is 23.3 Å². The fraction of sp³-hybridized carbons (Fsp3) is 0.733. The summed E-state index contributed by atoms with van der Waals surface area (Å²) >= 11 is 3.99. The number of hydrogen-bond acceptors (Lipinski definition) is 8. The molecule has 0 aromatic rings. The van der Waals surface area contributed by atoms with Gasteiger partial charge in [0, 0.05) is 12.3 Å². The van der Waals surface area contributed by atoms with Crippen LogP contribution in [0.15, 0.2) is 0 Å². The van der Waals surface area contributed by atoms with Gasteiger partial charge in [-0.1, -0.05) is 0 Å². The minimum Gasteiger partial charge on any atom is -0.480 e. The lowest BCUT2D eigenvalue weighted by molar-refractivity contribution is -0.145. The largest absolute Gasteiger partial charge is 0.480 e. The lowest BCUT2D eigenvalue weighted by Crippen LogP contribution is -2.58. The van der Waals surface area contributed by atoms with Gasteiger partial charge < -0.3 is 36.6 Å². The topological polar surface area (TPSA) is 182 Å². The van der Waals surface area contributed by atoms with Gasteiger partial charge in [-0.2, -0.15) is 12.6 Å². The van der Waals surface area contributed by atoms with Gasteiger partial charge in [0.15, 0.2) is 6.04 Å². The Balaban J connectivity index is 2.78. The standard InChI is InChI=1S/C15H26N4O7S/c1-7(21)11(15(25)26)18-12(22)9(6-27)17-13(23)10-3-2-4-19(10)14(24)8(16)5-20/h7-11,20-21,27H,2-6,16H2,1H3,(H,17,23)(H,18,22)(H,25,26). The molecule has 27 heavy (non-hydrogen) atoms. The summed E-state index contributed by atoms with van der Waals surface area (Å²) in [4.78, 5) is 49.2. The number of likely N-dealkylation sites (tertiary alicyclic amines) is 1. The zero-order valence-corrected chi connectivity index (χ0v) is 15.8. The lowest BCUT2D eigenvalue weighted by atomic mass is 10.1. The van der Waals surface area contributed by atoms with E-state index in [4.69, 9.17) is 15.9 Å². The van der Waals surface area contributed by atoms with Gasteiger partial charge in [0.1, 0.15) is 18.1 Å². The van der Waals surface area contributed by atoms with Crippen molar-refractivity contribution >= 4 is 36.3 Å². The van der Waals surface area contributed by atoms with Crippen molar-refractivity contribution in [2.24, 2.45) is 5.73 Å². The van der Waals surface area contributed by atoms with Gasteiger partial charge in [-0.25, -0.2) is 4.79 Å². The Labute approximate surface area is 161 Å². The number of carbonyl (C=O) groups is 4. The number of nitrogens with one attached hydrogen (secondary N) is 2. The third-order valence-electron chi connectivity index (χ3n) is 4.21. The van der Waals surface area contributed by atoms with E-state index in [0.717, 1.165) is 0 Å². The minimum absolute atomic E-state index is 0.124. The molecule has 0 aromatic heterocycles. The van der Waals surface area contributed by atoms with Crippen molar-refractivity contribution in [3.05, 3.63) is 0 Å². The monoisotopic (exact) mass is 406 g/mol. The van der Waals surface area contributed by atoms with Crippen molar-refractivity contribution in [3.8, 4) is 0 Å². The number of carbonyl (C=O) groups excluding carboxylic acids is 3. The Hall–Kier alpha value is -1.89. The van der Waals surface area contributed by atoms with Crippen LogP contribution in [0.25, 0.3) is 0 Å². The van der Waals surface area contributed by atoms with Crippen molar-refractivity contribution in [1.82, 2.24) is 15.5 Å². The van der Waals surface area contributed by atoms with Gasteiger partial charge in [-0.3, -0.25) is 14.4 Å². The summed E-state index contributed by atoms with van der Waals surface area (Å²) in [7, 11) is 0. The molecule has 0 aliphatic carbocycles. The molecule has 5 atom stereocenters. The fourth-order valence-electron chi connectivity index (χ4n) is 2.70. The molecule has 1 fully saturated rings. The fourth-order valence-corrected chi connectivity index (χ4v) is 2.96. The minimum atomic E-state index is -1.54. The summed E-state index contributed by atoms with van der Waals surface area (Å²) in [5.74, 6) is -3.55. The number of hydrogen-bond donors (Lipinski definition) is 7. The molecule has 1 heterocycles. The van der Waals surface area contributed by atoms with Crippen LogP contribution in [0.5, 0.6) is 0 Å². The Morgan fingerprint density at radius 3 is 2.41 bits per heavy atom. The number of thiol groups is 1. The second-order valence-electron chi connectivity index (χ2n) is 6.29. The maximum absolute atomic E-state index is 12.5. The zero-order chi connectivity index (χ0) is 20.7. The molecular formula is C15H26N4O7S. The quantitative estimate of drug-likeness (QED) is 0.194. The van der Waals surface area contributed by atoms with E-state index in [0.29, 0.717) is 19.4 Å².